The van der Waals surface area contributed by atoms with Crippen LogP contribution < -0.4 is 5.32 Å². The van der Waals surface area contributed by atoms with Crippen molar-refractivity contribution in [2.24, 2.45) is 7.05 Å². The molecule has 2 aliphatic rings. The van der Waals surface area contributed by atoms with Crippen LogP contribution in [0.4, 0.5) is 0 Å². The molecule has 1 saturated carbocycles. The third-order valence-corrected chi connectivity index (χ3v) is 7.61. The molecule has 2 fully saturated rings. The summed E-state index contributed by atoms with van der Waals surface area (Å²) < 4.78 is 9.13. The summed E-state index contributed by atoms with van der Waals surface area (Å²) in [6, 6.07) is 11.6. The minimum absolute atomic E-state index is 0.0113. The Morgan fingerprint density at radius 1 is 1.22 bits per heavy atom. The van der Waals surface area contributed by atoms with Gasteiger partial charge in [0.1, 0.15) is 6.10 Å². The highest BCUT2D eigenvalue weighted by Gasteiger charge is 2.38. The number of rotatable bonds is 6. The maximum absolute atomic E-state index is 12.5. The maximum Gasteiger partial charge on any atom is 0.250 e. The molecule has 4 rings (SSSR count). The molecule has 7 heteroatoms. The summed E-state index contributed by atoms with van der Waals surface area (Å²) in [5.74, 6) is 0.550. The lowest BCUT2D eigenvalue weighted by Crippen LogP contribution is -2.58. The quantitative estimate of drug-likeness (QED) is 0.649. The first-order valence-corrected chi connectivity index (χ1v) is 12.6. The van der Waals surface area contributed by atoms with Crippen LogP contribution >= 0.6 is 15.9 Å². The Kier molecular flexibility index (Phi) is 7.69. The van der Waals surface area contributed by atoms with Crippen molar-refractivity contribution in [3.05, 3.63) is 51.8 Å². The fourth-order valence-electron chi connectivity index (χ4n) is 5.17. The third kappa shape index (κ3) is 5.43. The highest BCUT2D eigenvalue weighted by Crippen LogP contribution is 2.36. The first-order chi connectivity index (χ1) is 15.4. The summed E-state index contributed by atoms with van der Waals surface area (Å²) in [4.78, 5) is 15.1. The second-order valence-electron chi connectivity index (χ2n) is 9.24. The number of ether oxygens (including phenoxy) is 1. The van der Waals surface area contributed by atoms with Crippen molar-refractivity contribution in [1.82, 2.24) is 20.0 Å². The van der Waals surface area contributed by atoms with Gasteiger partial charge in [-0.2, -0.15) is 5.10 Å². The Morgan fingerprint density at radius 2 is 1.94 bits per heavy atom. The molecule has 1 aliphatic heterocycles. The Balaban J connectivity index is 1.45. The third-order valence-electron chi connectivity index (χ3n) is 7.08. The Hall–Kier alpha value is -1.70. The number of halogens is 1. The van der Waals surface area contributed by atoms with Gasteiger partial charge in [-0.1, -0.05) is 28.1 Å². The Morgan fingerprint density at radius 3 is 2.56 bits per heavy atom. The van der Waals surface area contributed by atoms with E-state index in [1.54, 1.807) is 0 Å². The van der Waals surface area contributed by atoms with Gasteiger partial charge in [-0.15, -0.1) is 0 Å². The topological polar surface area (TPSA) is 59.4 Å². The summed E-state index contributed by atoms with van der Waals surface area (Å²) in [7, 11) is 2.02. The van der Waals surface area contributed by atoms with E-state index in [0.29, 0.717) is 37.7 Å². The van der Waals surface area contributed by atoms with Gasteiger partial charge in [-0.25, -0.2) is 0 Å². The van der Waals surface area contributed by atoms with Crippen LogP contribution in [0.1, 0.15) is 55.5 Å². The van der Waals surface area contributed by atoms with Crippen LogP contribution in [-0.4, -0.2) is 58.5 Å². The molecule has 32 heavy (non-hydrogen) atoms. The molecule has 1 N–H and O–H groups in total. The first-order valence-electron chi connectivity index (χ1n) is 11.8. The van der Waals surface area contributed by atoms with E-state index in [0.717, 1.165) is 36.6 Å². The van der Waals surface area contributed by atoms with Crippen LogP contribution in [0.5, 0.6) is 0 Å². The molecule has 0 radical (unpaired) electrons. The van der Waals surface area contributed by atoms with Gasteiger partial charge in [-0.3, -0.25) is 14.4 Å². The fourth-order valence-corrected chi connectivity index (χ4v) is 5.43. The van der Waals surface area contributed by atoms with Gasteiger partial charge in [-0.05, 0) is 69.7 Å². The number of carbonyl (C=O) groups is 1. The molecule has 6 nitrogen and oxygen atoms in total. The zero-order chi connectivity index (χ0) is 22.7. The molecular formula is C25H35BrN4O2. The maximum atomic E-state index is 12.5. The SMILES string of the molecule is CCNC(=O)[C@H]1CN(C2CCC(c3cc(C)n(C)n3)CC2)[C@@H](Cc2ccc(Br)cc2)CO1. The molecule has 1 aromatic heterocycles. The van der Waals surface area contributed by atoms with Gasteiger partial charge in [0.2, 0.25) is 5.91 Å². The lowest BCUT2D eigenvalue weighted by Gasteiger charge is -2.45. The number of amides is 1. The van der Waals surface area contributed by atoms with Crippen molar-refractivity contribution < 1.29 is 9.53 Å². The van der Waals surface area contributed by atoms with Gasteiger partial charge in [0.25, 0.3) is 0 Å². The summed E-state index contributed by atoms with van der Waals surface area (Å²) in [6.45, 7) is 5.97. The number of aryl methyl sites for hydroxylation is 2. The molecule has 0 spiro atoms. The minimum Gasteiger partial charge on any atom is -0.365 e. The molecule has 2 aromatic rings. The predicted octanol–water partition coefficient (Wildman–Crippen LogP) is 3.97. The van der Waals surface area contributed by atoms with Crippen LogP contribution in [0.15, 0.2) is 34.8 Å². The molecule has 2 heterocycles. The van der Waals surface area contributed by atoms with Gasteiger partial charge < -0.3 is 10.1 Å². The molecule has 1 aliphatic carbocycles. The van der Waals surface area contributed by atoms with Crippen molar-refractivity contribution in [2.75, 3.05) is 19.7 Å². The van der Waals surface area contributed by atoms with Crippen molar-refractivity contribution in [3.8, 4) is 0 Å². The Bertz CT molecular complexity index is 886. The molecule has 174 valence electrons. The smallest absolute Gasteiger partial charge is 0.250 e. The van der Waals surface area contributed by atoms with Crippen LogP contribution in [0.2, 0.25) is 0 Å². The summed E-state index contributed by atoms with van der Waals surface area (Å²) >= 11 is 3.53. The number of hydrogen-bond donors (Lipinski definition) is 1. The average molecular weight is 503 g/mol. The highest BCUT2D eigenvalue weighted by molar-refractivity contribution is 9.10. The van der Waals surface area contributed by atoms with Gasteiger partial charge in [0.15, 0.2) is 0 Å². The van der Waals surface area contributed by atoms with Crippen molar-refractivity contribution in [1.29, 1.82) is 0 Å². The van der Waals surface area contributed by atoms with Crippen molar-refractivity contribution in [3.63, 3.8) is 0 Å². The molecule has 0 unspecified atom stereocenters. The zero-order valence-corrected chi connectivity index (χ0v) is 21.0. The number of aromatic nitrogens is 2. The second-order valence-corrected chi connectivity index (χ2v) is 10.2. The lowest BCUT2D eigenvalue weighted by molar-refractivity contribution is -0.145. The first kappa shape index (κ1) is 23.5. The predicted molar refractivity (Wildman–Crippen MR) is 130 cm³/mol. The van der Waals surface area contributed by atoms with Gasteiger partial charge in [0, 0.05) is 48.3 Å². The summed E-state index contributed by atoms with van der Waals surface area (Å²) in [5, 5.41) is 7.67. The summed E-state index contributed by atoms with van der Waals surface area (Å²) in [5.41, 5.74) is 3.76. The van der Waals surface area contributed by atoms with Crippen molar-refractivity contribution in [2.45, 2.75) is 70.1 Å². The van der Waals surface area contributed by atoms with E-state index in [1.165, 1.54) is 17.0 Å². The number of hydrogen-bond acceptors (Lipinski definition) is 4. The number of likely N-dealkylation sites (N-methyl/N-ethyl adjacent to an activating group) is 1. The van der Waals surface area contributed by atoms with Crippen LogP contribution in [-0.2, 0) is 23.0 Å². The highest BCUT2D eigenvalue weighted by atomic mass is 79.9. The van der Waals surface area contributed by atoms with Crippen LogP contribution in [0, 0.1) is 6.92 Å². The molecule has 1 amide bonds. The fraction of sp³-hybridized carbons (Fsp3) is 0.600. The molecule has 0 bridgehead atoms. The monoisotopic (exact) mass is 502 g/mol. The normalized spacial score (nSPS) is 26.8. The number of carbonyl (C=O) groups excluding carboxylic acids is 1. The second kappa shape index (κ2) is 10.5. The zero-order valence-electron chi connectivity index (χ0n) is 19.4. The lowest BCUT2D eigenvalue weighted by atomic mass is 9.82. The number of nitrogens with zero attached hydrogens (tertiary/aromatic N) is 3. The van der Waals surface area contributed by atoms with Crippen LogP contribution in [0.25, 0.3) is 0 Å². The number of morpholine rings is 1. The largest absolute Gasteiger partial charge is 0.365 e. The van der Waals surface area contributed by atoms with Gasteiger partial charge >= 0.3 is 0 Å². The summed E-state index contributed by atoms with van der Waals surface area (Å²) in [6.07, 6.45) is 5.13. The molecular weight excluding hydrogens is 468 g/mol. The Labute approximate surface area is 199 Å². The van der Waals surface area contributed by atoms with E-state index in [9.17, 15) is 4.79 Å². The minimum atomic E-state index is -0.382. The van der Waals surface area contributed by atoms with E-state index < -0.39 is 0 Å². The van der Waals surface area contributed by atoms with E-state index in [2.05, 4.69) is 63.4 Å². The molecule has 1 saturated heterocycles. The van der Waals surface area contributed by atoms with Crippen LogP contribution in [0.3, 0.4) is 0 Å². The van der Waals surface area contributed by atoms with E-state index >= 15 is 0 Å². The number of nitrogens with one attached hydrogen (secondary N) is 1. The average Bonchev–Trinajstić information content (AvgIpc) is 3.14. The van der Waals surface area contributed by atoms with E-state index in [-0.39, 0.29) is 12.0 Å². The van der Waals surface area contributed by atoms with Crippen molar-refractivity contribution >= 4 is 21.8 Å². The van der Waals surface area contributed by atoms with E-state index in [1.807, 2.05) is 18.7 Å². The van der Waals surface area contributed by atoms with E-state index in [4.69, 9.17) is 9.84 Å². The van der Waals surface area contributed by atoms with Gasteiger partial charge in [0.05, 0.1) is 12.3 Å². The molecule has 2 atom stereocenters. The standard InChI is InChI=1S/C25H35BrN4O2/c1-4-27-25(31)24-15-30(22(16-32-24)14-18-5-9-20(26)10-6-18)21-11-7-19(8-12-21)23-13-17(2)29(3)28-23/h5-6,9-10,13,19,21-22,24H,4,7-8,11-12,14-16H2,1-3H3,(H,27,31)/t19?,21?,22-,24+/m0/s1. The number of benzene rings is 1. The molecule has 1 aromatic carbocycles.